The summed E-state index contributed by atoms with van der Waals surface area (Å²) >= 11 is 7.54. The first-order valence-corrected chi connectivity index (χ1v) is 9.43. The first-order valence-electron chi connectivity index (χ1n) is 8.07. The van der Waals surface area contributed by atoms with Crippen LogP contribution in [0.4, 0.5) is 5.69 Å². The zero-order valence-corrected chi connectivity index (χ0v) is 15.7. The van der Waals surface area contributed by atoms with Crippen molar-refractivity contribution in [1.29, 1.82) is 0 Å². The zero-order valence-electron chi connectivity index (χ0n) is 14.1. The molecule has 1 aliphatic heterocycles. The van der Waals surface area contributed by atoms with Crippen molar-refractivity contribution in [1.82, 2.24) is 4.90 Å². The number of methoxy groups -OCH3 is 1. The Kier molecular flexibility index (Phi) is 5.66. The summed E-state index contributed by atoms with van der Waals surface area (Å²) in [6, 6.07) is 14.7. The van der Waals surface area contributed by atoms with E-state index in [2.05, 4.69) is 11.9 Å². The van der Waals surface area contributed by atoms with Gasteiger partial charge in [-0.3, -0.25) is 9.69 Å². The van der Waals surface area contributed by atoms with Gasteiger partial charge < -0.3 is 4.74 Å². The molecule has 1 heterocycles. The van der Waals surface area contributed by atoms with Gasteiger partial charge in [0, 0.05) is 22.4 Å². The minimum atomic E-state index is -0.0523. The molecular weight excluding hydrogens is 356 g/mol. The molecule has 6 heteroatoms. The number of amidine groups is 1. The van der Waals surface area contributed by atoms with Crippen molar-refractivity contribution in [3.05, 3.63) is 59.1 Å². The number of amides is 1. The first kappa shape index (κ1) is 17.8. The number of nitrogens with zero attached hydrogens (tertiary/aromatic N) is 2. The highest BCUT2D eigenvalue weighted by Crippen LogP contribution is 2.31. The van der Waals surface area contributed by atoms with Gasteiger partial charge in [-0.25, -0.2) is 4.99 Å². The number of rotatable bonds is 4. The molecule has 4 nitrogen and oxygen atoms in total. The van der Waals surface area contributed by atoms with Crippen LogP contribution in [0.1, 0.15) is 23.7 Å². The predicted molar refractivity (Wildman–Crippen MR) is 104 cm³/mol. The Morgan fingerprint density at radius 1 is 1.32 bits per heavy atom. The van der Waals surface area contributed by atoms with Crippen molar-refractivity contribution in [3.63, 3.8) is 0 Å². The summed E-state index contributed by atoms with van der Waals surface area (Å²) in [5.74, 6) is 1.46. The Morgan fingerprint density at radius 2 is 2.08 bits per heavy atom. The van der Waals surface area contributed by atoms with Gasteiger partial charge in [0.25, 0.3) is 5.91 Å². The predicted octanol–water partition coefficient (Wildman–Crippen LogP) is 5.00. The number of benzene rings is 2. The van der Waals surface area contributed by atoms with Crippen LogP contribution in [0.15, 0.2) is 53.5 Å². The molecule has 0 spiro atoms. The lowest BCUT2D eigenvalue weighted by Crippen LogP contribution is -2.39. The Hall–Kier alpha value is -1.98. The molecule has 1 saturated heterocycles. The molecule has 130 valence electrons. The van der Waals surface area contributed by atoms with Crippen LogP contribution >= 0.6 is 23.4 Å². The molecule has 0 bridgehead atoms. The fourth-order valence-corrected chi connectivity index (χ4v) is 4.02. The van der Waals surface area contributed by atoms with Gasteiger partial charge in [-0.2, -0.15) is 0 Å². The van der Waals surface area contributed by atoms with Crippen LogP contribution in [0, 0.1) is 0 Å². The molecular formula is C19H19ClN2O2S. The second-order valence-electron chi connectivity index (χ2n) is 5.65. The van der Waals surface area contributed by atoms with E-state index in [1.807, 2.05) is 24.3 Å². The van der Waals surface area contributed by atoms with Gasteiger partial charge >= 0.3 is 0 Å². The quantitative estimate of drug-likeness (QED) is 0.755. The summed E-state index contributed by atoms with van der Waals surface area (Å²) in [6.07, 6.45) is 0.877. The normalized spacial score (nSPS) is 18.6. The number of carbonyl (C=O) groups excluding carboxylic acids is 1. The van der Waals surface area contributed by atoms with E-state index in [0.717, 1.165) is 23.0 Å². The minimum Gasteiger partial charge on any atom is -0.497 e. The summed E-state index contributed by atoms with van der Waals surface area (Å²) in [7, 11) is 1.59. The number of aliphatic imine (C=N–C) groups is 1. The van der Waals surface area contributed by atoms with E-state index >= 15 is 0 Å². The largest absolute Gasteiger partial charge is 0.497 e. The fourth-order valence-electron chi connectivity index (χ4n) is 2.63. The third kappa shape index (κ3) is 3.99. The van der Waals surface area contributed by atoms with E-state index in [9.17, 15) is 4.79 Å². The van der Waals surface area contributed by atoms with Crippen LogP contribution in [0.3, 0.4) is 0 Å². The van der Waals surface area contributed by atoms with Crippen LogP contribution in [0.25, 0.3) is 0 Å². The van der Waals surface area contributed by atoms with Crippen molar-refractivity contribution in [2.75, 3.05) is 12.9 Å². The molecule has 0 unspecified atom stereocenters. The molecule has 0 aromatic heterocycles. The fraction of sp³-hybridized carbons (Fsp3) is 0.263. The topological polar surface area (TPSA) is 41.9 Å². The number of thioether (sulfide) groups is 1. The van der Waals surface area contributed by atoms with E-state index in [-0.39, 0.29) is 11.9 Å². The van der Waals surface area contributed by atoms with Gasteiger partial charge in [0.05, 0.1) is 12.8 Å². The number of hydrogen-bond donors (Lipinski definition) is 0. The molecule has 2 aromatic rings. The third-order valence-corrected chi connectivity index (χ3v) is 5.38. The van der Waals surface area contributed by atoms with Crippen LogP contribution in [-0.4, -0.2) is 34.9 Å². The molecule has 1 atom stereocenters. The molecule has 0 saturated carbocycles. The van der Waals surface area contributed by atoms with E-state index in [0.29, 0.717) is 16.3 Å². The average molecular weight is 375 g/mol. The maximum Gasteiger partial charge on any atom is 0.260 e. The highest BCUT2D eigenvalue weighted by Gasteiger charge is 2.34. The Morgan fingerprint density at radius 3 is 2.76 bits per heavy atom. The summed E-state index contributed by atoms with van der Waals surface area (Å²) in [4.78, 5) is 19.6. The van der Waals surface area contributed by atoms with Crippen molar-refractivity contribution >= 4 is 40.1 Å². The third-order valence-electron chi connectivity index (χ3n) is 4.03. The van der Waals surface area contributed by atoms with Crippen molar-refractivity contribution in [2.45, 2.75) is 19.4 Å². The van der Waals surface area contributed by atoms with Crippen LogP contribution in [0.5, 0.6) is 5.75 Å². The second-order valence-corrected chi connectivity index (χ2v) is 7.07. The monoisotopic (exact) mass is 374 g/mol. The summed E-state index contributed by atoms with van der Waals surface area (Å²) < 4.78 is 5.24. The average Bonchev–Trinajstić information content (AvgIpc) is 3.05. The molecule has 0 aliphatic carbocycles. The van der Waals surface area contributed by atoms with Gasteiger partial charge in [0.1, 0.15) is 5.75 Å². The van der Waals surface area contributed by atoms with Gasteiger partial charge in [-0.05, 0) is 48.9 Å². The molecule has 0 N–H and O–H groups in total. The highest BCUT2D eigenvalue weighted by molar-refractivity contribution is 8.14. The summed E-state index contributed by atoms with van der Waals surface area (Å²) in [6.45, 7) is 2.09. The number of ether oxygens (including phenoxy) is 1. The maximum atomic E-state index is 13.1. The van der Waals surface area contributed by atoms with Crippen molar-refractivity contribution in [2.24, 2.45) is 4.99 Å². The van der Waals surface area contributed by atoms with Crippen molar-refractivity contribution in [3.8, 4) is 5.75 Å². The summed E-state index contributed by atoms with van der Waals surface area (Å²) in [5.41, 5.74) is 1.39. The Balaban J connectivity index is 1.93. The van der Waals surface area contributed by atoms with Gasteiger partial charge in [0.15, 0.2) is 5.17 Å². The maximum absolute atomic E-state index is 13.1. The van der Waals surface area contributed by atoms with Gasteiger partial charge in [-0.15, -0.1) is 0 Å². The van der Waals surface area contributed by atoms with E-state index in [4.69, 9.17) is 16.3 Å². The van der Waals surface area contributed by atoms with E-state index < -0.39 is 0 Å². The van der Waals surface area contributed by atoms with Crippen molar-refractivity contribution < 1.29 is 9.53 Å². The van der Waals surface area contributed by atoms with E-state index in [1.54, 1.807) is 48.0 Å². The molecule has 1 amide bonds. The molecule has 25 heavy (non-hydrogen) atoms. The molecule has 1 aliphatic rings. The first-order chi connectivity index (χ1) is 12.1. The minimum absolute atomic E-state index is 0.0523. The van der Waals surface area contributed by atoms with Crippen LogP contribution in [-0.2, 0) is 0 Å². The number of carbonyl (C=O) groups is 1. The number of hydrogen-bond acceptors (Lipinski definition) is 4. The lowest BCUT2D eigenvalue weighted by Gasteiger charge is -2.23. The van der Waals surface area contributed by atoms with Crippen LogP contribution in [0.2, 0.25) is 5.02 Å². The number of halogens is 1. The Labute approximate surface area is 156 Å². The SMILES string of the molecule is CC[C@@H]1CSC(=Nc2ccc(Cl)cc2)N1C(=O)c1cccc(OC)c1. The zero-order chi connectivity index (χ0) is 17.8. The standard InChI is InChI=1S/C19H19ClN2O2S/c1-3-16-12-25-19(21-15-9-7-14(20)8-10-15)22(16)18(23)13-5-4-6-17(11-13)24-2/h4-11,16H,3,12H2,1-2H3/t16-/m1/s1. The molecule has 3 rings (SSSR count). The van der Waals surface area contributed by atoms with Gasteiger partial charge in [0.2, 0.25) is 0 Å². The van der Waals surface area contributed by atoms with E-state index in [1.165, 1.54) is 0 Å². The van der Waals surface area contributed by atoms with Crippen LogP contribution < -0.4 is 4.74 Å². The molecule has 2 aromatic carbocycles. The molecule has 1 fully saturated rings. The second kappa shape index (κ2) is 7.93. The van der Waals surface area contributed by atoms with Gasteiger partial charge in [-0.1, -0.05) is 36.4 Å². The highest BCUT2D eigenvalue weighted by atomic mass is 35.5. The summed E-state index contributed by atoms with van der Waals surface area (Å²) in [5, 5.41) is 1.39. The molecule has 0 radical (unpaired) electrons. The lowest BCUT2D eigenvalue weighted by atomic mass is 10.1. The lowest BCUT2D eigenvalue weighted by molar-refractivity contribution is 0.0819. The smallest absolute Gasteiger partial charge is 0.260 e. The Bertz CT molecular complexity index is 792.